The van der Waals surface area contributed by atoms with Gasteiger partial charge in [-0.15, -0.1) is 11.5 Å². The maximum absolute atomic E-state index is 10.6. The zero-order chi connectivity index (χ0) is 14.6. The van der Waals surface area contributed by atoms with Gasteiger partial charge in [-0.3, -0.25) is 0 Å². The van der Waals surface area contributed by atoms with Crippen LogP contribution in [0, 0.1) is 11.6 Å². The van der Waals surface area contributed by atoms with Crippen LogP contribution < -0.4 is 5.11 Å². The van der Waals surface area contributed by atoms with Crippen LogP contribution in [-0.4, -0.2) is 16.8 Å². The van der Waals surface area contributed by atoms with Crippen molar-refractivity contribution in [1.82, 2.24) is 4.57 Å². The van der Waals surface area contributed by atoms with E-state index in [1.165, 1.54) is 0 Å². The van der Waals surface area contributed by atoms with Crippen LogP contribution in [0.2, 0.25) is 0 Å². The maximum Gasteiger partial charge on any atom is 2.00 e. The second-order valence-corrected chi connectivity index (χ2v) is 5.26. The molecule has 20 heavy (non-hydrogen) atoms. The second kappa shape index (κ2) is 7.34. The number of carbonyl (C=O) groups is 2. The molecule has 2 aromatic rings. The zero-order valence-corrected chi connectivity index (χ0v) is 15.2. The molecule has 5 heteroatoms. The smallest absolute Gasteiger partial charge is 0.550 e. The molecule has 0 unspecified atom stereocenters. The molecule has 0 saturated heterocycles. The summed E-state index contributed by atoms with van der Waals surface area (Å²) >= 11 is 0. The number of carboxylic acid groups (broad SMARTS) is 1. The molecule has 4 nitrogen and oxygen atoms in total. The van der Waals surface area contributed by atoms with E-state index < -0.39 is 11.4 Å². The Bertz CT molecular complexity index is 597. The van der Waals surface area contributed by atoms with Crippen LogP contribution in [0.3, 0.4) is 0 Å². The third-order valence-electron chi connectivity index (χ3n) is 2.57. The number of benzene rings is 1. The van der Waals surface area contributed by atoms with E-state index in [1.54, 1.807) is 20.8 Å². The normalized spacial score (nSPS) is 10.2. The molecule has 0 radical (unpaired) electrons. The molecule has 0 aliphatic heterocycles. The quantitative estimate of drug-likeness (QED) is 0.454. The standard InChI is InChI=1S/C10H8NO.C5H10O2.Zn/c1-11-6-8(7-12)9-4-2-3-5-10(9)11;1-5(2,3)4(6)7;/h2-5,7H,1H3;1-3H3,(H,6,7);/q-1;;+2/p-1. The summed E-state index contributed by atoms with van der Waals surface area (Å²) in [4.78, 5) is 20.5. The Morgan fingerprint density at radius 1 is 1.30 bits per heavy atom. The van der Waals surface area contributed by atoms with Crippen molar-refractivity contribution in [2.24, 2.45) is 12.5 Å². The Hall–Kier alpha value is -1.48. The number of fused-ring (bicyclic) bond motifs is 1. The van der Waals surface area contributed by atoms with E-state index in [4.69, 9.17) is 0 Å². The van der Waals surface area contributed by atoms with Crippen LogP contribution in [0.25, 0.3) is 10.9 Å². The van der Waals surface area contributed by atoms with Gasteiger partial charge in [-0.25, -0.2) is 0 Å². The van der Waals surface area contributed by atoms with Gasteiger partial charge in [0.25, 0.3) is 0 Å². The predicted molar refractivity (Wildman–Crippen MR) is 71.6 cm³/mol. The Morgan fingerprint density at radius 2 is 1.80 bits per heavy atom. The zero-order valence-electron chi connectivity index (χ0n) is 12.3. The van der Waals surface area contributed by atoms with Gasteiger partial charge >= 0.3 is 19.5 Å². The molecule has 1 aromatic heterocycles. The average Bonchev–Trinajstić information content (AvgIpc) is 2.66. The first-order valence-corrected chi connectivity index (χ1v) is 5.90. The molecule has 0 bridgehead atoms. The van der Waals surface area contributed by atoms with Crippen molar-refractivity contribution in [3.8, 4) is 0 Å². The molecule has 0 saturated carbocycles. The predicted octanol–water partition coefficient (Wildman–Crippen LogP) is 1.57. The van der Waals surface area contributed by atoms with Crippen LogP contribution in [0.4, 0.5) is 0 Å². The van der Waals surface area contributed by atoms with Gasteiger partial charge in [0.15, 0.2) is 0 Å². The monoisotopic (exact) mass is 323 g/mol. The van der Waals surface area contributed by atoms with Crippen molar-refractivity contribution >= 4 is 23.2 Å². The Kier molecular flexibility index (Phi) is 6.80. The third-order valence-corrected chi connectivity index (χ3v) is 2.57. The molecule has 0 aliphatic carbocycles. The summed E-state index contributed by atoms with van der Waals surface area (Å²) < 4.78 is 1.83. The van der Waals surface area contributed by atoms with Crippen molar-refractivity contribution < 1.29 is 34.2 Å². The number of hydrogen-bond acceptors (Lipinski definition) is 3. The molecule has 0 spiro atoms. The van der Waals surface area contributed by atoms with E-state index in [-0.39, 0.29) is 19.5 Å². The molecule has 102 valence electrons. The first kappa shape index (κ1) is 18.5. The van der Waals surface area contributed by atoms with E-state index in [0.29, 0.717) is 5.56 Å². The first-order chi connectivity index (χ1) is 8.77. The molecule has 1 aromatic carbocycles. The Morgan fingerprint density at radius 3 is 2.25 bits per heavy atom. The molecular weight excluding hydrogens is 308 g/mol. The number of aromatic nitrogens is 1. The van der Waals surface area contributed by atoms with E-state index >= 15 is 0 Å². The van der Waals surface area contributed by atoms with Gasteiger partial charge in [0.1, 0.15) is 0 Å². The average molecular weight is 325 g/mol. The van der Waals surface area contributed by atoms with Crippen LogP contribution in [0.15, 0.2) is 24.3 Å². The number of aldehydes is 1. The van der Waals surface area contributed by atoms with Crippen molar-refractivity contribution in [2.45, 2.75) is 20.8 Å². The summed E-state index contributed by atoms with van der Waals surface area (Å²) in [5, 5.41) is 10.9. The molecule has 1 heterocycles. The number of rotatable bonds is 1. The van der Waals surface area contributed by atoms with Gasteiger partial charge in [-0.2, -0.15) is 0 Å². The van der Waals surface area contributed by atoms with Gasteiger partial charge < -0.3 is 19.3 Å². The number of carbonyl (C=O) groups excluding carboxylic acids is 2. The fourth-order valence-corrected chi connectivity index (χ4v) is 1.38. The van der Waals surface area contributed by atoms with Crippen LogP contribution >= 0.6 is 0 Å². The van der Waals surface area contributed by atoms with E-state index in [0.717, 1.165) is 17.2 Å². The minimum absolute atomic E-state index is 0. The van der Waals surface area contributed by atoms with Crippen molar-refractivity contribution in [1.29, 1.82) is 0 Å². The minimum atomic E-state index is -1.01. The fourth-order valence-electron chi connectivity index (χ4n) is 1.38. The minimum Gasteiger partial charge on any atom is -0.550 e. The van der Waals surface area contributed by atoms with E-state index in [2.05, 4.69) is 6.20 Å². The van der Waals surface area contributed by atoms with Crippen LogP contribution in [0.5, 0.6) is 0 Å². The number of aliphatic carboxylic acids is 1. The number of hydrogen-bond donors (Lipinski definition) is 0. The summed E-state index contributed by atoms with van der Waals surface area (Å²) in [6, 6.07) is 7.77. The van der Waals surface area contributed by atoms with Crippen LogP contribution in [0.1, 0.15) is 31.1 Å². The van der Waals surface area contributed by atoms with Gasteiger partial charge in [0, 0.05) is 11.4 Å². The molecule has 0 N–H and O–H groups in total. The molecule has 2 rings (SSSR count). The maximum atomic E-state index is 10.6. The van der Waals surface area contributed by atoms with E-state index in [9.17, 15) is 14.7 Å². The van der Waals surface area contributed by atoms with Gasteiger partial charge in [0.05, 0.1) is 6.29 Å². The molecule has 0 fully saturated rings. The summed E-state index contributed by atoms with van der Waals surface area (Å²) in [6.45, 7) is 4.80. The first-order valence-electron chi connectivity index (χ1n) is 5.90. The third kappa shape index (κ3) is 4.57. The SMILES string of the molecule is CC(C)(C)C(=O)[O-].Cn1[c-]c(C=O)c2ccccc21.[Zn+2]. The molecular formula is C15H17NO3Zn. The molecule has 0 aliphatic rings. The van der Waals surface area contributed by atoms with Gasteiger partial charge in [-0.05, 0) is 7.05 Å². The summed E-state index contributed by atoms with van der Waals surface area (Å²) in [7, 11) is 1.88. The summed E-state index contributed by atoms with van der Waals surface area (Å²) in [5.41, 5.74) is 0.979. The van der Waals surface area contributed by atoms with Crippen molar-refractivity contribution in [3.63, 3.8) is 0 Å². The summed E-state index contributed by atoms with van der Waals surface area (Å²) in [6.07, 6.45) is 3.79. The largest absolute Gasteiger partial charge is 2.00 e. The second-order valence-electron chi connectivity index (χ2n) is 5.26. The number of aryl methyl sites for hydroxylation is 1. The molecule has 0 atom stereocenters. The Labute approximate surface area is 131 Å². The van der Waals surface area contributed by atoms with Crippen LogP contribution in [-0.2, 0) is 31.3 Å². The Balaban J connectivity index is 0.000000396. The van der Waals surface area contributed by atoms with E-state index in [1.807, 2.05) is 35.9 Å². The summed E-state index contributed by atoms with van der Waals surface area (Å²) in [5.74, 6) is -1.01. The molecule has 0 amide bonds. The van der Waals surface area contributed by atoms with Crippen molar-refractivity contribution in [3.05, 3.63) is 36.0 Å². The van der Waals surface area contributed by atoms with Crippen molar-refractivity contribution in [2.75, 3.05) is 0 Å². The number of nitrogens with zero attached hydrogens (tertiary/aromatic N) is 1. The fraction of sp³-hybridized carbons (Fsp3) is 0.333. The van der Waals surface area contributed by atoms with Gasteiger partial charge in [0.2, 0.25) is 0 Å². The topological polar surface area (TPSA) is 62.1 Å². The number of para-hydroxylation sites is 1. The number of carboxylic acids is 1. The van der Waals surface area contributed by atoms with Gasteiger partial charge in [-0.1, -0.05) is 56.2 Å².